The SMILES string of the molecule is CCC(C)(CC)C(=O)/C=C(\O)C(C)(CC)CC.Cc1cc2nc(-c3[c-]c4ccccc4c(C(C)(C)C)c3)cc(-c3ccc4c(CC(C)C)coc4c3)c2s1.[Ir]. The Bertz CT molecular complexity index is 2290. The summed E-state index contributed by atoms with van der Waals surface area (Å²) in [5.74, 6) is 0.877. The van der Waals surface area contributed by atoms with Gasteiger partial charge in [-0.15, -0.1) is 40.5 Å². The van der Waals surface area contributed by atoms with Gasteiger partial charge >= 0.3 is 0 Å². The molecule has 3 aromatic heterocycles. The van der Waals surface area contributed by atoms with Gasteiger partial charge in [0.25, 0.3) is 0 Å². The van der Waals surface area contributed by atoms with E-state index in [1.165, 1.54) is 43.1 Å². The molecular formula is C49H60IrNO3S-. The molecule has 6 heteroatoms. The summed E-state index contributed by atoms with van der Waals surface area (Å²) in [5, 5.41) is 13.7. The summed E-state index contributed by atoms with van der Waals surface area (Å²) in [5.41, 5.74) is 8.33. The second-order valence-corrected chi connectivity index (χ2v) is 18.3. The number of fused-ring (bicyclic) bond motifs is 3. The Labute approximate surface area is 347 Å². The second-order valence-electron chi connectivity index (χ2n) is 17.0. The van der Waals surface area contributed by atoms with Crippen molar-refractivity contribution in [3.8, 4) is 22.4 Å². The van der Waals surface area contributed by atoms with Crippen LogP contribution in [0.2, 0.25) is 0 Å². The molecule has 0 fully saturated rings. The van der Waals surface area contributed by atoms with Crippen molar-refractivity contribution >= 4 is 49.1 Å². The van der Waals surface area contributed by atoms with Gasteiger partial charge in [-0.3, -0.25) is 9.78 Å². The number of pyridine rings is 1. The maximum absolute atomic E-state index is 12.2. The summed E-state index contributed by atoms with van der Waals surface area (Å²) < 4.78 is 7.24. The van der Waals surface area contributed by atoms with Crippen molar-refractivity contribution in [3.63, 3.8) is 0 Å². The van der Waals surface area contributed by atoms with Crippen LogP contribution in [0.15, 0.2) is 83.2 Å². The summed E-state index contributed by atoms with van der Waals surface area (Å²) in [6.45, 7) is 25.6. The first kappa shape index (κ1) is 44.1. The van der Waals surface area contributed by atoms with Gasteiger partial charge in [0.15, 0.2) is 5.78 Å². The predicted octanol–water partition coefficient (Wildman–Crippen LogP) is 14.8. The number of aliphatic hydroxyl groups is 1. The summed E-state index contributed by atoms with van der Waals surface area (Å²) in [7, 11) is 0. The molecule has 0 saturated heterocycles. The summed E-state index contributed by atoms with van der Waals surface area (Å²) in [6, 6.07) is 25.6. The van der Waals surface area contributed by atoms with Crippen LogP contribution < -0.4 is 0 Å². The van der Waals surface area contributed by atoms with Crippen LogP contribution >= 0.6 is 11.3 Å². The standard InChI is InChI=1S/C34H32NOS.C15H28O2.Ir/c1-20(2)13-25-19-36-32-17-23(11-12-27(25)32)28-18-30(35-31-14-21(3)37-33(28)31)24-15-22-9-7-8-10-26(22)29(16-24)34(4,5)6;1-7-14(5,8-2)12(16)11-13(17)15(6,9-3)10-4;/h7-12,14,16-20H,13H2,1-6H3;11,16H,7-10H2,1-6H3;/q-1;;/b;12-11-;. The average molecular weight is 935 g/mol. The van der Waals surface area contributed by atoms with Crippen LogP contribution in [0.3, 0.4) is 0 Å². The molecule has 55 heavy (non-hydrogen) atoms. The van der Waals surface area contributed by atoms with E-state index in [1.807, 2.05) is 47.8 Å². The topological polar surface area (TPSA) is 63.3 Å². The molecule has 1 radical (unpaired) electrons. The van der Waals surface area contributed by atoms with Crippen LogP contribution in [-0.2, 0) is 36.7 Å². The molecule has 6 aromatic rings. The number of aromatic nitrogens is 1. The number of carbonyl (C=O) groups is 1. The fraction of sp³-hybridized carbons (Fsp3) is 0.429. The van der Waals surface area contributed by atoms with Crippen molar-refractivity contribution in [1.29, 1.82) is 0 Å². The van der Waals surface area contributed by atoms with Gasteiger partial charge in [-0.25, -0.2) is 0 Å². The number of ketones is 1. The molecule has 0 unspecified atom stereocenters. The zero-order chi connectivity index (χ0) is 39.6. The third kappa shape index (κ3) is 9.53. The number of hydrogen-bond acceptors (Lipinski definition) is 5. The number of carbonyl (C=O) groups excluding carboxylic acids is 1. The van der Waals surface area contributed by atoms with E-state index < -0.39 is 0 Å². The van der Waals surface area contributed by atoms with E-state index in [0.29, 0.717) is 5.92 Å². The maximum atomic E-state index is 12.2. The van der Waals surface area contributed by atoms with Crippen molar-refractivity contribution in [2.24, 2.45) is 16.7 Å². The van der Waals surface area contributed by atoms with Crippen LogP contribution in [0.5, 0.6) is 0 Å². The fourth-order valence-electron chi connectivity index (χ4n) is 7.01. The quantitative estimate of drug-likeness (QED) is 0.0799. The third-order valence-electron chi connectivity index (χ3n) is 11.7. The van der Waals surface area contributed by atoms with Gasteiger partial charge in [0, 0.05) is 53.0 Å². The van der Waals surface area contributed by atoms with Crippen LogP contribution in [0.1, 0.15) is 118 Å². The Morgan fingerprint density at radius 3 is 2.16 bits per heavy atom. The van der Waals surface area contributed by atoms with Crippen LogP contribution in [0, 0.1) is 29.7 Å². The minimum Gasteiger partial charge on any atom is -0.512 e. The molecule has 0 bridgehead atoms. The molecule has 4 nitrogen and oxygen atoms in total. The molecule has 0 saturated carbocycles. The normalized spacial score (nSPS) is 12.6. The molecule has 295 valence electrons. The number of aryl methyl sites for hydroxylation is 1. The molecule has 1 N–H and O–H groups in total. The second kappa shape index (κ2) is 17.7. The average Bonchev–Trinajstić information content (AvgIpc) is 3.74. The Morgan fingerprint density at radius 2 is 1.55 bits per heavy atom. The number of furan rings is 1. The van der Waals surface area contributed by atoms with Gasteiger partial charge < -0.3 is 9.52 Å². The first-order valence-electron chi connectivity index (χ1n) is 19.8. The third-order valence-corrected chi connectivity index (χ3v) is 12.7. The Balaban J connectivity index is 0.000000320. The number of thiophene rings is 1. The van der Waals surface area contributed by atoms with E-state index in [1.54, 1.807) is 11.3 Å². The van der Waals surface area contributed by atoms with Gasteiger partial charge in [0.1, 0.15) is 11.3 Å². The van der Waals surface area contributed by atoms with Gasteiger partial charge in [-0.1, -0.05) is 124 Å². The molecule has 3 heterocycles. The fourth-order valence-corrected chi connectivity index (χ4v) is 8.00. The summed E-state index contributed by atoms with van der Waals surface area (Å²) in [6.07, 6.45) is 7.70. The number of aliphatic hydroxyl groups excluding tert-OH is 1. The monoisotopic (exact) mass is 935 g/mol. The first-order chi connectivity index (χ1) is 25.5. The van der Waals surface area contributed by atoms with Crippen molar-refractivity contribution in [2.75, 3.05) is 0 Å². The van der Waals surface area contributed by atoms with Crippen LogP contribution in [0.25, 0.3) is 54.3 Å². The summed E-state index contributed by atoms with van der Waals surface area (Å²) >= 11 is 1.80. The number of hydrogen-bond donors (Lipinski definition) is 1. The van der Waals surface area contributed by atoms with Crippen molar-refractivity contribution in [3.05, 3.63) is 101 Å². The number of benzene rings is 3. The van der Waals surface area contributed by atoms with Gasteiger partial charge in [-0.05, 0) is 79.2 Å². The number of allylic oxidation sites excluding steroid dienone is 2. The zero-order valence-electron chi connectivity index (χ0n) is 35.0. The number of rotatable bonds is 11. The van der Waals surface area contributed by atoms with Crippen LogP contribution in [-0.4, -0.2) is 15.9 Å². The Hall–Kier alpha value is -3.57. The largest absolute Gasteiger partial charge is 0.512 e. The summed E-state index contributed by atoms with van der Waals surface area (Å²) in [4.78, 5) is 18.6. The van der Waals surface area contributed by atoms with E-state index in [2.05, 4.69) is 108 Å². The maximum Gasteiger partial charge on any atom is 0.164 e. The zero-order valence-corrected chi connectivity index (χ0v) is 38.2. The molecule has 0 aliphatic rings. The van der Waals surface area contributed by atoms with Gasteiger partial charge in [0.05, 0.1) is 16.5 Å². The Morgan fingerprint density at radius 1 is 0.891 bits per heavy atom. The molecule has 3 aromatic carbocycles. The van der Waals surface area contributed by atoms with Crippen molar-refractivity contribution in [2.45, 2.75) is 121 Å². The van der Waals surface area contributed by atoms with Crippen LogP contribution in [0.4, 0.5) is 0 Å². The van der Waals surface area contributed by atoms with Crippen molar-refractivity contribution in [1.82, 2.24) is 4.98 Å². The molecule has 0 atom stereocenters. The Kier molecular flexibility index (Phi) is 14.2. The smallest absolute Gasteiger partial charge is 0.164 e. The van der Waals surface area contributed by atoms with E-state index in [4.69, 9.17) is 9.40 Å². The van der Waals surface area contributed by atoms with Crippen molar-refractivity contribution < 1.29 is 34.4 Å². The predicted molar refractivity (Wildman–Crippen MR) is 232 cm³/mol. The number of nitrogens with zero attached hydrogens (tertiary/aromatic N) is 1. The van der Waals surface area contributed by atoms with E-state index in [-0.39, 0.29) is 47.9 Å². The minimum absolute atomic E-state index is 0. The minimum atomic E-state index is -0.337. The molecule has 0 aliphatic heterocycles. The molecule has 6 rings (SSSR count). The van der Waals surface area contributed by atoms with E-state index in [9.17, 15) is 9.90 Å². The van der Waals surface area contributed by atoms with Gasteiger partial charge in [0.2, 0.25) is 0 Å². The van der Waals surface area contributed by atoms with E-state index in [0.717, 1.165) is 65.4 Å². The molecule has 0 spiro atoms. The first-order valence-corrected chi connectivity index (χ1v) is 20.6. The molecule has 0 amide bonds. The van der Waals surface area contributed by atoms with E-state index >= 15 is 0 Å². The molecule has 0 aliphatic carbocycles. The van der Waals surface area contributed by atoms with Gasteiger partial charge in [-0.2, -0.15) is 0 Å². The molecular weight excluding hydrogens is 875 g/mol.